The van der Waals surface area contributed by atoms with Crippen molar-refractivity contribution in [3.8, 4) is 0 Å². The van der Waals surface area contributed by atoms with E-state index in [-0.39, 0.29) is 0 Å². The molecule has 3 heteroatoms. The molecule has 0 bridgehead atoms. The van der Waals surface area contributed by atoms with E-state index in [2.05, 4.69) is 12.2 Å². The molecule has 0 spiro atoms. The van der Waals surface area contributed by atoms with E-state index in [0.717, 1.165) is 11.7 Å². The molecule has 90 valence electrons. The van der Waals surface area contributed by atoms with Crippen LogP contribution in [0.15, 0.2) is 16.5 Å². The Morgan fingerprint density at radius 3 is 2.81 bits per heavy atom. The lowest BCUT2D eigenvalue weighted by molar-refractivity contribution is 0.212. The van der Waals surface area contributed by atoms with Crippen LogP contribution in [0.25, 0.3) is 0 Å². The molecule has 1 saturated carbocycles. The fourth-order valence-corrected chi connectivity index (χ4v) is 3.04. The Kier molecular flexibility index (Phi) is 3.93. The summed E-state index contributed by atoms with van der Waals surface area (Å²) >= 11 is 5.83. The normalized spacial score (nSPS) is 27.9. The molecule has 2 rings (SSSR count). The summed E-state index contributed by atoms with van der Waals surface area (Å²) in [6.45, 7) is 2.34. The Labute approximate surface area is 102 Å². The van der Waals surface area contributed by atoms with Gasteiger partial charge in [0.15, 0.2) is 5.22 Å². The largest absolute Gasteiger partial charge is 0.448 e. The van der Waals surface area contributed by atoms with Crippen molar-refractivity contribution < 1.29 is 4.42 Å². The van der Waals surface area contributed by atoms with Crippen molar-refractivity contribution in [2.75, 3.05) is 7.05 Å². The van der Waals surface area contributed by atoms with Crippen LogP contribution in [-0.2, 0) is 0 Å². The molecule has 1 N–H and O–H groups in total. The number of hydrogen-bond donors (Lipinski definition) is 1. The van der Waals surface area contributed by atoms with E-state index >= 15 is 0 Å². The van der Waals surface area contributed by atoms with Crippen LogP contribution < -0.4 is 5.32 Å². The highest BCUT2D eigenvalue weighted by Gasteiger charge is 2.28. The molecule has 16 heavy (non-hydrogen) atoms. The molecule has 1 aromatic heterocycles. The van der Waals surface area contributed by atoms with Gasteiger partial charge in [-0.1, -0.05) is 19.8 Å². The Hall–Kier alpha value is -0.470. The zero-order valence-electron chi connectivity index (χ0n) is 10.0. The van der Waals surface area contributed by atoms with Gasteiger partial charge in [-0.2, -0.15) is 0 Å². The summed E-state index contributed by atoms with van der Waals surface area (Å²) in [6, 6.07) is 4.13. The van der Waals surface area contributed by atoms with E-state index in [9.17, 15) is 0 Å². The van der Waals surface area contributed by atoms with Gasteiger partial charge < -0.3 is 9.73 Å². The molecule has 2 nitrogen and oxygen atoms in total. The van der Waals surface area contributed by atoms with Crippen molar-refractivity contribution in [3.63, 3.8) is 0 Å². The minimum atomic E-state index is 0.315. The molecule has 1 aliphatic carbocycles. The molecule has 3 unspecified atom stereocenters. The second kappa shape index (κ2) is 5.24. The zero-order chi connectivity index (χ0) is 11.5. The lowest BCUT2D eigenvalue weighted by Gasteiger charge is -2.32. The Balaban J connectivity index is 2.09. The van der Waals surface area contributed by atoms with Gasteiger partial charge in [0, 0.05) is 0 Å². The minimum Gasteiger partial charge on any atom is -0.448 e. The van der Waals surface area contributed by atoms with Gasteiger partial charge in [0.2, 0.25) is 0 Å². The van der Waals surface area contributed by atoms with Crippen molar-refractivity contribution in [3.05, 3.63) is 23.1 Å². The number of rotatable bonds is 3. The monoisotopic (exact) mass is 241 g/mol. The Bertz CT molecular complexity index is 336. The highest BCUT2D eigenvalue weighted by atomic mass is 35.5. The summed E-state index contributed by atoms with van der Waals surface area (Å²) in [6.07, 6.45) is 5.27. The molecule has 3 atom stereocenters. The van der Waals surface area contributed by atoms with E-state index in [1.807, 2.05) is 19.2 Å². The smallest absolute Gasteiger partial charge is 0.193 e. The van der Waals surface area contributed by atoms with Crippen LogP contribution >= 0.6 is 11.6 Å². The molecule has 0 aromatic carbocycles. The first-order chi connectivity index (χ1) is 7.70. The maximum absolute atomic E-state index is 5.83. The number of halogens is 1. The van der Waals surface area contributed by atoms with E-state index < -0.39 is 0 Å². The van der Waals surface area contributed by atoms with Crippen LogP contribution in [-0.4, -0.2) is 7.05 Å². The minimum absolute atomic E-state index is 0.315. The van der Waals surface area contributed by atoms with E-state index in [1.165, 1.54) is 25.7 Å². The van der Waals surface area contributed by atoms with Gasteiger partial charge in [-0.25, -0.2) is 0 Å². The first kappa shape index (κ1) is 12.0. The molecular weight excluding hydrogens is 222 g/mol. The standard InChI is InChI=1S/C13H20ClNO/c1-9-4-3-5-10(8-9)13(15-2)11-6-7-12(14)16-11/h6-7,9-10,13,15H,3-5,8H2,1-2H3. The summed E-state index contributed by atoms with van der Waals surface area (Å²) in [5, 5.41) is 3.85. The highest BCUT2D eigenvalue weighted by molar-refractivity contribution is 6.28. The first-order valence-corrected chi connectivity index (χ1v) is 6.51. The fraction of sp³-hybridized carbons (Fsp3) is 0.692. The van der Waals surface area contributed by atoms with Crippen LogP contribution in [0.2, 0.25) is 5.22 Å². The lowest BCUT2D eigenvalue weighted by atomic mass is 9.78. The molecule has 1 fully saturated rings. The first-order valence-electron chi connectivity index (χ1n) is 6.13. The van der Waals surface area contributed by atoms with E-state index in [4.69, 9.17) is 16.0 Å². The molecular formula is C13H20ClNO. The Morgan fingerprint density at radius 1 is 1.44 bits per heavy atom. The second-order valence-electron chi connectivity index (χ2n) is 4.94. The van der Waals surface area contributed by atoms with Gasteiger partial charge in [0.1, 0.15) is 5.76 Å². The SMILES string of the molecule is CNC(c1ccc(Cl)o1)C1CCCC(C)C1. The lowest BCUT2D eigenvalue weighted by Crippen LogP contribution is -2.28. The van der Waals surface area contributed by atoms with Crippen LogP contribution in [0.1, 0.15) is 44.4 Å². The summed E-state index contributed by atoms with van der Waals surface area (Å²) in [5.41, 5.74) is 0. The summed E-state index contributed by atoms with van der Waals surface area (Å²) < 4.78 is 5.53. The van der Waals surface area contributed by atoms with Gasteiger partial charge in [-0.05, 0) is 55.5 Å². The van der Waals surface area contributed by atoms with Gasteiger partial charge in [0.05, 0.1) is 6.04 Å². The second-order valence-corrected chi connectivity index (χ2v) is 5.31. The quantitative estimate of drug-likeness (QED) is 0.865. The van der Waals surface area contributed by atoms with Crippen LogP contribution in [0.5, 0.6) is 0 Å². The van der Waals surface area contributed by atoms with Crippen molar-refractivity contribution in [2.45, 2.75) is 38.6 Å². The summed E-state index contributed by atoms with van der Waals surface area (Å²) in [5.74, 6) is 2.49. The van der Waals surface area contributed by atoms with Crippen LogP contribution in [0.4, 0.5) is 0 Å². The third kappa shape index (κ3) is 2.61. The molecule has 0 saturated heterocycles. The highest BCUT2D eigenvalue weighted by Crippen LogP contribution is 2.37. The van der Waals surface area contributed by atoms with Crippen LogP contribution in [0, 0.1) is 11.8 Å². The van der Waals surface area contributed by atoms with Gasteiger partial charge in [-0.3, -0.25) is 0 Å². The average molecular weight is 242 g/mol. The molecule has 1 aliphatic rings. The third-order valence-corrected chi connectivity index (χ3v) is 3.86. The predicted octanol–water partition coefficient (Wildman–Crippen LogP) is 4.02. The van der Waals surface area contributed by atoms with E-state index in [0.29, 0.717) is 17.2 Å². The number of furan rings is 1. The maximum atomic E-state index is 5.83. The number of hydrogen-bond acceptors (Lipinski definition) is 2. The van der Waals surface area contributed by atoms with Gasteiger partial charge in [0.25, 0.3) is 0 Å². The average Bonchev–Trinajstić information content (AvgIpc) is 2.66. The Morgan fingerprint density at radius 2 is 2.25 bits per heavy atom. The maximum Gasteiger partial charge on any atom is 0.193 e. The molecule has 1 aromatic rings. The topological polar surface area (TPSA) is 25.2 Å². The molecule has 0 amide bonds. The molecule has 0 aliphatic heterocycles. The molecule has 0 radical (unpaired) electrons. The van der Waals surface area contributed by atoms with Gasteiger partial charge in [-0.15, -0.1) is 0 Å². The van der Waals surface area contributed by atoms with Crippen molar-refractivity contribution >= 4 is 11.6 Å². The molecule has 1 heterocycles. The number of nitrogens with one attached hydrogen (secondary N) is 1. The summed E-state index contributed by atoms with van der Waals surface area (Å²) in [4.78, 5) is 0. The predicted molar refractivity (Wildman–Crippen MR) is 66.6 cm³/mol. The summed E-state index contributed by atoms with van der Waals surface area (Å²) in [7, 11) is 2.00. The van der Waals surface area contributed by atoms with Crippen molar-refractivity contribution in [2.24, 2.45) is 11.8 Å². The zero-order valence-corrected chi connectivity index (χ0v) is 10.8. The van der Waals surface area contributed by atoms with Crippen LogP contribution in [0.3, 0.4) is 0 Å². The third-order valence-electron chi connectivity index (χ3n) is 3.66. The van der Waals surface area contributed by atoms with Gasteiger partial charge >= 0.3 is 0 Å². The van der Waals surface area contributed by atoms with Crippen molar-refractivity contribution in [1.29, 1.82) is 0 Å². The fourth-order valence-electron chi connectivity index (χ4n) is 2.89. The van der Waals surface area contributed by atoms with E-state index in [1.54, 1.807) is 0 Å². The van der Waals surface area contributed by atoms with Crippen molar-refractivity contribution in [1.82, 2.24) is 5.32 Å².